The van der Waals surface area contributed by atoms with E-state index in [2.05, 4.69) is 28.7 Å². The van der Waals surface area contributed by atoms with Crippen molar-refractivity contribution in [1.82, 2.24) is 0 Å². The highest BCUT2D eigenvalue weighted by atomic mass is 127. The number of nitriles is 1. The molecule has 3 aromatic rings. The summed E-state index contributed by atoms with van der Waals surface area (Å²) in [5.41, 5.74) is 2.23. The van der Waals surface area contributed by atoms with Crippen LogP contribution >= 0.6 is 22.6 Å². The van der Waals surface area contributed by atoms with Crippen molar-refractivity contribution in [1.29, 1.82) is 5.26 Å². The van der Waals surface area contributed by atoms with E-state index in [1.165, 1.54) is 31.4 Å². The zero-order valence-electron chi connectivity index (χ0n) is 15.5. The molecular weight excluding hydrogens is 487 g/mol. The van der Waals surface area contributed by atoms with Gasteiger partial charge in [0, 0.05) is 0 Å². The molecule has 146 valence electrons. The maximum atomic E-state index is 13.5. The van der Waals surface area contributed by atoms with E-state index in [4.69, 9.17) is 9.47 Å². The first-order valence-electron chi connectivity index (χ1n) is 8.62. The van der Waals surface area contributed by atoms with Gasteiger partial charge in [-0.15, -0.1) is 0 Å². The van der Waals surface area contributed by atoms with E-state index in [0.29, 0.717) is 33.8 Å². The molecule has 0 spiro atoms. The Morgan fingerprint density at radius 2 is 1.79 bits per heavy atom. The molecule has 0 aliphatic carbocycles. The van der Waals surface area contributed by atoms with Gasteiger partial charge in [-0.05, 0) is 81.8 Å². The normalized spacial score (nSPS) is 11.1. The van der Waals surface area contributed by atoms with Crippen molar-refractivity contribution in [3.63, 3.8) is 0 Å². The number of nitrogens with zero attached hydrogens (tertiary/aromatic N) is 1. The van der Waals surface area contributed by atoms with Gasteiger partial charge in [-0.25, -0.2) is 8.78 Å². The van der Waals surface area contributed by atoms with Crippen LogP contribution < -0.4 is 9.47 Å². The Labute approximate surface area is 181 Å². The van der Waals surface area contributed by atoms with Crippen LogP contribution in [0.1, 0.15) is 16.7 Å². The fourth-order valence-electron chi connectivity index (χ4n) is 2.75. The van der Waals surface area contributed by atoms with Crippen molar-refractivity contribution >= 4 is 34.2 Å². The molecule has 0 N–H and O–H groups in total. The molecule has 0 aromatic heterocycles. The summed E-state index contributed by atoms with van der Waals surface area (Å²) in [6.45, 7) is 0.187. The van der Waals surface area contributed by atoms with Crippen LogP contribution in [-0.4, -0.2) is 7.11 Å². The zero-order valence-corrected chi connectivity index (χ0v) is 17.6. The lowest BCUT2D eigenvalue weighted by molar-refractivity contribution is 0.282. The van der Waals surface area contributed by atoms with Crippen LogP contribution in [0.25, 0.3) is 11.6 Å². The van der Waals surface area contributed by atoms with Crippen molar-refractivity contribution < 1.29 is 18.3 Å². The first-order chi connectivity index (χ1) is 14.0. The monoisotopic (exact) mass is 503 g/mol. The van der Waals surface area contributed by atoms with E-state index in [1.54, 1.807) is 36.4 Å². The Morgan fingerprint density at radius 3 is 2.45 bits per heavy atom. The predicted octanol–water partition coefficient (Wildman–Crippen LogP) is 6.22. The van der Waals surface area contributed by atoms with Crippen LogP contribution in [0.3, 0.4) is 0 Å². The lowest BCUT2D eigenvalue weighted by Crippen LogP contribution is -2.00. The van der Waals surface area contributed by atoms with E-state index in [9.17, 15) is 14.0 Å². The summed E-state index contributed by atoms with van der Waals surface area (Å²) in [4.78, 5) is 0. The Bertz CT molecular complexity index is 1110. The third-order valence-electron chi connectivity index (χ3n) is 4.09. The number of hydrogen-bond acceptors (Lipinski definition) is 3. The molecule has 0 atom stereocenters. The number of allylic oxidation sites excluding steroid dienone is 1. The second kappa shape index (κ2) is 9.52. The van der Waals surface area contributed by atoms with Crippen molar-refractivity contribution in [2.45, 2.75) is 6.61 Å². The number of rotatable bonds is 6. The number of hydrogen-bond donors (Lipinski definition) is 0. The standard InChI is InChI=1S/C23H16F2INO2/c1-28-22-11-16(8-18(13-27)17-5-3-7-20(25)12-17)10-21(26)23(22)29-14-15-4-2-6-19(24)9-15/h2-12H,14H2,1H3/b18-8-. The van der Waals surface area contributed by atoms with Crippen molar-refractivity contribution in [3.8, 4) is 17.6 Å². The van der Waals surface area contributed by atoms with Crippen molar-refractivity contribution in [2.75, 3.05) is 7.11 Å². The van der Waals surface area contributed by atoms with Crippen LogP contribution in [0.15, 0.2) is 60.7 Å². The quantitative estimate of drug-likeness (QED) is 0.228. The second-order valence-electron chi connectivity index (χ2n) is 6.13. The summed E-state index contributed by atoms with van der Waals surface area (Å²) in [5.74, 6) is 0.279. The van der Waals surface area contributed by atoms with Crippen LogP contribution in [0.5, 0.6) is 11.5 Å². The topological polar surface area (TPSA) is 42.2 Å². The molecule has 0 amide bonds. The molecule has 0 aliphatic heterocycles. The SMILES string of the molecule is COc1cc(/C=C(/C#N)c2cccc(F)c2)cc(I)c1OCc1cccc(F)c1. The predicted molar refractivity (Wildman–Crippen MR) is 116 cm³/mol. The Hall–Kier alpha value is -2.92. The maximum Gasteiger partial charge on any atom is 0.174 e. The highest BCUT2D eigenvalue weighted by Crippen LogP contribution is 2.35. The van der Waals surface area contributed by atoms with Gasteiger partial charge in [-0.1, -0.05) is 24.3 Å². The Balaban J connectivity index is 1.90. The van der Waals surface area contributed by atoms with Gasteiger partial charge in [0.15, 0.2) is 11.5 Å². The maximum absolute atomic E-state index is 13.5. The molecule has 0 saturated carbocycles. The molecule has 3 aromatic carbocycles. The summed E-state index contributed by atoms with van der Waals surface area (Å²) in [7, 11) is 1.52. The minimum Gasteiger partial charge on any atom is -0.493 e. The van der Waals surface area contributed by atoms with Gasteiger partial charge in [0.25, 0.3) is 0 Å². The van der Waals surface area contributed by atoms with Crippen LogP contribution in [0.4, 0.5) is 8.78 Å². The minimum absolute atomic E-state index is 0.187. The second-order valence-corrected chi connectivity index (χ2v) is 7.30. The molecule has 0 fully saturated rings. The van der Waals surface area contributed by atoms with E-state index in [0.717, 1.165) is 3.57 Å². The molecule has 0 radical (unpaired) electrons. The van der Waals surface area contributed by atoms with E-state index in [1.807, 2.05) is 6.07 Å². The van der Waals surface area contributed by atoms with Gasteiger partial charge >= 0.3 is 0 Å². The van der Waals surface area contributed by atoms with E-state index < -0.39 is 5.82 Å². The molecule has 0 bridgehead atoms. The van der Waals surface area contributed by atoms with Gasteiger partial charge < -0.3 is 9.47 Å². The zero-order chi connectivity index (χ0) is 20.8. The first-order valence-corrected chi connectivity index (χ1v) is 9.70. The molecule has 6 heteroatoms. The molecule has 0 saturated heterocycles. The molecule has 0 heterocycles. The largest absolute Gasteiger partial charge is 0.493 e. The van der Waals surface area contributed by atoms with E-state index in [-0.39, 0.29) is 12.4 Å². The fraction of sp³-hybridized carbons (Fsp3) is 0.0870. The molecule has 0 aliphatic rings. The molecule has 3 rings (SSSR count). The number of ether oxygens (including phenoxy) is 2. The highest BCUT2D eigenvalue weighted by molar-refractivity contribution is 14.1. The summed E-state index contributed by atoms with van der Waals surface area (Å²) < 4.78 is 38.9. The first kappa shape index (κ1) is 20.8. The summed E-state index contributed by atoms with van der Waals surface area (Å²) in [6, 6.07) is 17.7. The Kier molecular flexibility index (Phi) is 6.83. The third-order valence-corrected chi connectivity index (χ3v) is 4.89. The summed E-state index contributed by atoms with van der Waals surface area (Å²) >= 11 is 2.11. The van der Waals surface area contributed by atoms with Gasteiger partial charge in [-0.3, -0.25) is 0 Å². The third kappa shape index (κ3) is 5.33. The van der Waals surface area contributed by atoms with Crippen LogP contribution in [-0.2, 0) is 6.61 Å². The highest BCUT2D eigenvalue weighted by Gasteiger charge is 2.13. The number of halogens is 3. The van der Waals surface area contributed by atoms with Gasteiger partial charge in [0.1, 0.15) is 18.2 Å². The smallest absolute Gasteiger partial charge is 0.174 e. The summed E-state index contributed by atoms with van der Waals surface area (Å²) in [6.07, 6.45) is 1.66. The lowest BCUT2D eigenvalue weighted by Gasteiger charge is -2.14. The number of benzene rings is 3. The van der Waals surface area contributed by atoms with Gasteiger partial charge in [0.2, 0.25) is 0 Å². The lowest BCUT2D eigenvalue weighted by atomic mass is 10.0. The van der Waals surface area contributed by atoms with Crippen molar-refractivity contribution in [3.05, 3.63) is 92.6 Å². The molecule has 0 unspecified atom stereocenters. The van der Waals surface area contributed by atoms with Gasteiger partial charge in [-0.2, -0.15) is 5.26 Å². The molecule has 29 heavy (non-hydrogen) atoms. The summed E-state index contributed by atoms with van der Waals surface area (Å²) in [5, 5.41) is 9.49. The Morgan fingerprint density at radius 1 is 1.07 bits per heavy atom. The average Bonchev–Trinajstić information content (AvgIpc) is 2.71. The molecule has 3 nitrogen and oxygen atoms in total. The number of methoxy groups -OCH3 is 1. The van der Waals surface area contributed by atoms with Gasteiger partial charge in [0.05, 0.1) is 22.3 Å². The average molecular weight is 503 g/mol. The van der Waals surface area contributed by atoms with Crippen LogP contribution in [0.2, 0.25) is 0 Å². The minimum atomic E-state index is -0.406. The van der Waals surface area contributed by atoms with Crippen LogP contribution in [0, 0.1) is 26.5 Å². The fourth-order valence-corrected chi connectivity index (χ4v) is 3.53. The molecular formula is C23H16F2INO2. The van der Waals surface area contributed by atoms with E-state index >= 15 is 0 Å². The van der Waals surface area contributed by atoms with Crippen molar-refractivity contribution in [2.24, 2.45) is 0 Å².